The first kappa shape index (κ1) is 13.6. The highest BCUT2D eigenvalue weighted by Gasteiger charge is 2.45. The predicted molar refractivity (Wildman–Crippen MR) is 72.5 cm³/mol. The van der Waals surface area contributed by atoms with Gasteiger partial charge in [-0.25, -0.2) is 0 Å². The molecule has 3 nitrogen and oxygen atoms in total. The first-order valence-corrected chi connectivity index (χ1v) is 6.79. The summed E-state index contributed by atoms with van der Waals surface area (Å²) in [5.41, 5.74) is 0.297. The van der Waals surface area contributed by atoms with Crippen LogP contribution < -0.4 is 5.32 Å². The maximum atomic E-state index is 5.93. The first-order valence-electron chi connectivity index (χ1n) is 6.79. The Labute approximate surface area is 110 Å². The molecule has 0 amide bonds. The molecule has 1 aromatic rings. The quantitative estimate of drug-likeness (QED) is 0.889. The third kappa shape index (κ3) is 2.47. The summed E-state index contributed by atoms with van der Waals surface area (Å²) in [6, 6.07) is 4.10. The molecule has 0 bridgehead atoms. The van der Waals surface area contributed by atoms with Crippen LogP contribution in [0.2, 0.25) is 0 Å². The van der Waals surface area contributed by atoms with E-state index >= 15 is 0 Å². The molecule has 1 aromatic heterocycles. The van der Waals surface area contributed by atoms with Gasteiger partial charge in [-0.3, -0.25) is 0 Å². The summed E-state index contributed by atoms with van der Waals surface area (Å²) in [4.78, 5) is 0. The van der Waals surface area contributed by atoms with Crippen LogP contribution in [0.25, 0.3) is 0 Å². The van der Waals surface area contributed by atoms with E-state index < -0.39 is 0 Å². The molecule has 1 atom stereocenters. The van der Waals surface area contributed by atoms with Crippen molar-refractivity contribution >= 4 is 0 Å². The van der Waals surface area contributed by atoms with Crippen molar-refractivity contribution in [1.29, 1.82) is 0 Å². The van der Waals surface area contributed by atoms with Gasteiger partial charge in [0.1, 0.15) is 5.76 Å². The number of hydrogen-bond donors (Lipinski definition) is 1. The Morgan fingerprint density at radius 1 is 1.28 bits per heavy atom. The maximum Gasteiger partial charge on any atom is 0.123 e. The van der Waals surface area contributed by atoms with Gasteiger partial charge in [-0.2, -0.15) is 0 Å². The van der Waals surface area contributed by atoms with Gasteiger partial charge >= 0.3 is 0 Å². The Morgan fingerprint density at radius 3 is 2.39 bits per heavy atom. The van der Waals surface area contributed by atoms with Crippen LogP contribution in [-0.4, -0.2) is 19.8 Å². The molecule has 1 aliphatic rings. The fourth-order valence-corrected chi connectivity index (χ4v) is 3.08. The third-order valence-corrected chi connectivity index (χ3v) is 4.50. The zero-order chi connectivity index (χ0) is 13.2. The van der Waals surface area contributed by atoms with Crippen LogP contribution in [0, 0.1) is 5.41 Å². The minimum absolute atomic E-state index is 0.133. The van der Waals surface area contributed by atoms with Crippen LogP contribution in [0.5, 0.6) is 0 Å². The fraction of sp³-hybridized carbons (Fsp3) is 0.733. The number of furan rings is 1. The molecular formula is C15H25NO2. The molecule has 0 aromatic carbocycles. The van der Waals surface area contributed by atoms with Crippen LogP contribution >= 0.6 is 0 Å². The molecule has 1 saturated carbocycles. The Bertz CT molecular complexity index is 360. The lowest BCUT2D eigenvalue weighted by atomic mass is 9.68. The third-order valence-electron chi connectivity index (χ3n) is 4.50. The van der Waals surface area contributed by atoms with Gasteiger partial charge < -0.3 is 14.5 Å². The molecular weight excluding hydrogens is 226 g/mol. The van der Waals surface area contributed by atoms with Crippen LogP contribution in [0.4, 0.5) is 0 Å². The van der Waals surface area contributed by atoms with Crippen molar-refractivity contribution in [2.24, 2.45) is 5.41 Å². The van der Waals surface area contributed by atoms with Gasteiger partial charge in [-0.15, -0.1) is 0 Å². The molecule has 2 rings (SSSR count). The zero-order valence-corrected chi connectivity index (χ0v) is 12.0. The van der Waals surface area contributed by atoms with E-state index in [2.05, 4.69) is 19.2 Å². The van der Waals surface area contributed by atoms with Crippen molar-refractivity contribution in [3.63, 3.8) is 0 Å². The summed E-state index contributed by atoms with van der Waals surface area (Å²) < 4.78 is 11.5. The zero-order valence-electron chi connectivity index (χ0n) is 12.0. The lowest BCUT2D eigenvalue weighted by molar-refractivity contribution is -0.0901. The van der Waals surface area contributed by atoms with Gasteiger partial charge in [0.05, 0.1) is 17.9 Å². The van der Waals surface area contributed by atoms with E-state index in [1.54, 1.807) is 6.26 Å². The summed E-state index contributed by atoms with van der Waals surface area (Å²) in [5.74, 6) is 0.971. The molecule has 0 spiro atoms. The minimum Gasteiger partial charge on any atom is -0.468 e. The predicted octanol–water partition coefficient (Wildman–Crippen LogP) is 3.53. The molecule has 1 heterocycles. The number of rotatable bonds is 4. The summed E-state index contributed by atoms with van der Waals surface area (Å²) in [7, 11) is 3.80. The van der Waals surface area contributed by atoms with Crippen LogP contribution in [0.15, 0.2) is 22.8 Å². The normalized spacial score (nSPS) is 23.8. The molecule has 1 fully saturated rings. The van der Waals surface area contributed by atoms with Crippen molar-refractivity contribution in [3.05, 3.63) is 24.2 Å². The summed E-state index contributed by atoms with van der Waals surface area (Å²) >= 11 is 0. The maximum absolute atomic E-state index is 5.93. The van der Waals surface area contributed by atoms with E-state index in [9.17, 15) is 0 Å². The van der Waals surface area contributed by atoms with E-state index in [4.69, 9.17) is 9.15 Å². The molecule has 0 radical (unpaired) electrons. The number of hydrogen-bond acceptors (Lipinski definition) is 3. The molecule has 0 aliphatic heterocycles. The van der Waals surface area contributed by atoms with Crippen molar-refractivity contribution < 1.29 is 9.15 Å². The average molecular weight is 251 g/mol. The summed E-state index contributed by atoms with van der Waals surface area (Å²) in [6.45, 7) is 4.68. The molecule has 3 heteroatoms. The van der Waals surface area contributed by atoms with Crippen molar-refractivity contribution in [3.8, 4) is 0 Å². The Kier molecular flexibility index (Phi) is 3.83. The van der Waals surface area contributed by atoms with Gasteiger partial charge in [0, 0.05) is 7.11 Å². The lowest BCUT2D eigenvalue weighted by Gasteiger charge is -2.46. The van der Waals surface area contributed by atoms with Crippen molar-refractivity contribution in [2.75, 3.05) is 14.2 Å². The Hall–Kier alpha value is -0.800. The average Bonchev–Trinajstić information content (AvgIpc) is 2.86. The highest BCUT2D eigenvalue weighted by atomic mass is 16.5. The van der Waals surface area contributed by atoms with Gasteiger partial charge in [0.2, 0.25) is 0 Å². The van der Waals surface area contributed by atoms with E-state index in [1.165, 1.54) is 12.8 Å². The topological polar surface area (TPSA) is 34.4 Å². The van der Waals surface area contributed by atoms with Crippen LogP contribution in [0.1, 0.15) is 51.3 Å². The SMILES string of the molecule is CNC(c1ccco1)C1(OC)CCC(C)(C)CC1. The van der Waals surface area contributed by atoms with Gasteiger partial charge in [0.15, 0.2) is 0 Å². The molecule has 1 aliphatic carbocycles. The second kappa shape index (κ2) is 5.06. The summed E-state index contributed by atoms with van der Waals surface area (Å²) in [5, 5.41) is 3.37. The Balaban J connectivity index is 2.21. The molecule has 18 heavy (non-hydrogen) atoms. The Morgan fingerprint density at radius 2 is 1.94 bits per heavy atom. The number of ether oxygens (including phenoxy) is 1. The smallest absolute Gasteiger partial charge is 0.123 e. The van der Waals surface area contributed by atoms with Crippen molar-refractivity contribution in [1.82, 2.24) is 5.32 Å². The second-order valence-electron chi connectivity index (χ2n) is 6.17. The minimum atomic E-state index is -0.137. The van der Waals surface area contributed by atoms with E-state index in [1.807, 2.05) is 26.3 Å². The lowest BCUT2D eigenvalue weighted by Crippen LogP contribution is -2.48. The van der Waals surface area contributed by atoms with E-state index in [0.29, 0.717) is 5.41 Å². The standard InChI is InChI=1S/C15H25NO2/c1-14(2)7-9-15(17-4,10-8-14)13(16-3)12-6-5-11-18-12/h5-6,11,13,16H,7-10H2,1-4H3. The number of methoxy groups -OCH3 is 1. The van der Waals surface area contributed by atoms with E-state index in [-0.39, 0.29) is 11.6 Å². The fourth-order valence-electron chi connectivity index (χ4n) is 3.08. The van der Waals surface area contributed by atoms with Gasteiger partial charge in [0.25, 0.3) is 0 Å². The molecule has 1 N–H and O–H groups in total. The molecule has 102 valence electrons. The van der Waals surface area contributed by atoms with Crippen LogP contribution in [-0.2, 0) is 4.74 Å². The van der Waals surface area contributed by atoms with E-state index in [0.717, 1.165) is 18.6 Å². The molecule has 0 saturated heterocycles. The molecule has 1 unspecified atom stereocenters. The highest BCUT2D eigenvalue weighted by molar-refractivity contribution is 5.12. The van der Waals surface area contributed by atoms with Gasteiger partial charge in [-0.1, -0.05) is 13.8 Å². The monoisotopic (exact) mass is 251 g/mol. The summed E-state index contributed by atoms with van der Waals surface area (Å²) in [6.07, 6.45) is 6.26. The van der Waals surface area contributed by atoms with Gasteiger partial charge in [-0.05, 0) is 50.3 Å². The second-order valence-corrected chi connectivity index (χ2v) is 6.17. The first-order chi connectivity index (χ1) is 8.53. The van der Waals surface area contributed by atoms with Crippen molar-refractivity contribution in [2.45, 2.75) is 51.2 Å². The number of nitrogens with one attached hydrogen (secondary N) is 1. The largest absolute Gasteiger partial charge is 0.468 e. The van der Waals surface area contributed by atoms with Crippen LogP contribution in [0.3, 0.4) is 0 Å². The highest BCUT2D eigenvalue weighted by Crippen LogP contribution is 2.47. The number of likely N-dealkylation sites (N-methyl/N-ethyl adjacent to an activating group) is 1.